The van der Waals surface area contributed by atoms with Gasteiger partial charge in [-0.2, -0.15) is 5.26 Å². The zero-order valence-electron chi connectivity index (χ0n) is 11.4. The quantitative estimate of drug-likeness (QED) is 0.480. The highest BCUT2D eigenvalue weighted by atomic mass is 16.2. The first kappa shape index (κ1) is 15.4. The second kappa shape index (κ2) is 7.74. The third-order valence-electron chi connectivity index (χ3n) is 2.79. The van der Waals surface area contributed by atoms with Gasteiger partial charge in [-0.3, -0.25) is 9.59 Å². The number of carbonyl (C=O) groups excluding carboxylic acids is 2. The molecule has 0 aliphatic heterocycles. The molecule has 0 aliphatic carbocycles. The smallest absolute Gasteiger partial charge is 0.258 e. The average Bonchev–Trinajstić information content (AvgIpc) is 2.48. The van der Waals surface area contributed by atoms with Crippen LogP contribution in [0.5, 0.6) is 0 Å². The molecular weight excluding hydrogens is 254 g/mol. The molecular formula is C15H17N3O2. The number of nitriles is 1. The summed E-state index contributed by atoms with van der Waals surface area (Å²) in [6.45, 7) is 5.34. The van der Waals surface area contributed by atoms with E-state index in [4.69, 9.17) is 5.26 Å². The molecule has 0 bridgehead atoms. The number of nitrogens with zero attached hydrogens (tertiary/aromatic N) is 2. The van der Waals surface area contributed by atoms with E-state index in [-0.39, 0.29) is 6.54 Å². The molecule has 20 heavy (non-hydrogen) atoms. The molecule has 0 aromatic heterocycles. The number of hydrogen-bond acceptors (Lipinski definition) is 3. The van der Waals surface area contributed by atoms with Crippen LogP contribution in [0.25, 0.3) is 0 Å². The van der Waals surface area contributed by atoms with Gasteiger partial charge < -0.3 is 5.32 Å². The van der Waals surface area contributed by atoms with Crippen molar-refractivity contribution in [2.24, 2.45) is 0 Å². The third kappa shape index (κ3) is 4.25. The fourth-order valence-corrected chi connectivity index (χ4v) is 1.74. The standard InChI is InChI=1S/C15H17N3O2/c1-3-14(19)17-13(15(20)18(4-2)11-16)10-12-8-6-5-7-9-12/h3,5-9,13H,1,4,10H2,2H3,(H,17,19). The van der Waals surface area contributed by atoms with Crippen LogP contribution in [0.15, 0.2) is 43.0 Å². The Bertz CT molecular complexity index is 520. The lowest BCUT2D eigenvalue weighted by atomic mass is 10.0. The van der Waals surface area contributed by atoms with Crippen molar-refractivity contribution >= 4 is 11.8 Å². The van der Waals surface area contributed by atoms with Gasteiger partial charge in [-0.25, -0.2) is 4.90 Å². The first-order valence-electron chi connectivity index (χ1n) is 6.30. The lowest BCUT2D eigenvalue weighted by Gasteiger charge is -2.21. The minimum Gasteiger partial charge on any atom is -0.340 e. The highest BCUT2D eigenvalue weighted by molar-refractivity contribution is 5.93. The molecule has 1 unspecified atom stereocenters. The molecule has 0 aliphatic rings. The van der Waals surface area contributed by atoms with Crippen molar-refractivity contribution in [1.82, 2.24) is 10.2 Å². The molecule has 0 spiro atoms. The van der Waals surface area contributed by atoms with Crippen LogP contribution in [0.1, 0.15) is 12.5 Å². The Morgan fingerprint density at radius 3 is 2.60 bits per heavy atom. The molecule has 1 N–H and O–H groups in total. The predicted molar refractivity (Wildman–Crippen MR) is 75.3 cm³/mol. The molecule has 1 atom stereocenters. The largest absolute Gasteiger partial charge is 0.340 e. The topological polar surface area (TPSA) is 73.2 Å². The summed E-state index contributed by atoms with van der Waals surface area (Å²) in [5.41, 5.74) is 0.907. The van der Waals surface area contributed by atoms with Crippen LogP contribution in [-0.4, -0.2) is 29.3 Å². The molecule has 104 valence electrons. The number of rotatable bonds is 6. The van der Waals surface area contributed by atoms with Crippen LogP contribution in [0.2, 0.25) is 0 Å². The van der Waals surface area contributed by atoms with Gasteiger partial charge in [0.2, 0.25) is 5.91 Å². The molecule has 1 rings (SSSR count). The van der Waals surface area contributed by atoms with Crippen LogP contribution in [0.4, 0.5) is 0 Å². The summed E-state index contributed by atoms with van der Waals surface area (Å²) < 4.78 is 0. The summed E-state index contributed by atoms with van der Waals surface area (Å²) in [5, 5.41) is 11.5. The molecule has 1 aromatic carbocycles. The molecule has 0 saturated carbocycles. The summed E-state index contributed by atoms with van der Waals surface area (Å²) in [6.07, 6.45) is 3.25. The molecule has 5 heteroatoms. The van der Waals surface area contributed by atoms with E-state index in [1.54, 1.807) is 6.92 Å². The van der Waals surface area contributed by atoms with Crippen molar-refractivity contribution in [1.29, 1.82) is 5.26 Å². The predicted octanol–water partition coefficient (Wildman–Crippen LogP) is 1.23. The van der Waals surface area contributed by atoms with E-state index in [1.165, 1.54) is 0 Å². The van der Waals surface area contributed by atoms with Crippen LogP contribution in [0.3, 0.4) is 0 Å². The van der Waals surface area contributed by atoms with E-state index < -0.39 is 17.9 Å². The summed E-state index contributed by atoms with van der Waals surface area (Å²) in [5.74, 6) is -0.859. The van der Waals surface area contributed by atoms with Crippen molar-refractivity contribution in [2.75, 3.05) is 6.54 Å². The highest BCUT2D eigenvalue weighted by Crippen LogP contribution is 2.06. The maximum Gasteiger partial charge on any atom is 0.258 e. The summed E-state index contributed by atoms with van der Waals surface area (Å²) in [7, 11) is 0. The maximum atomic E-state index is 12.2. The Morgan fingerprint density at radius 2 is 2.10 bits per heavy atom. The molecule has 1 aromatic rings. The van der Waals surface area contributed by atoms with Gasteiger partial charge >= 0.3 is 0 Å². The fourth-order valence-electron chi connectivity index (χ4n) is 1.74. The zero-order chi connectivity index (χ0) is 15.0. The maximum absolute atomic E-state index is 12.2. The van der Waals surface area contributed by atoms with Crippen LogP contribution < -0.4 is 5.32 Å². The average molecular weight is 271 g/mol. The molecule has 0 fully saturated rings. The first-order chi connectivity index (χ1) is 9.62. The summed E-state index contributed by atoms with van der Waals surface area (Å²) in [6, 6.07) is 8.53. The van der Waals surface area contributed by atoms with Gasteiger partial charge in [0, 0.05) is 13.0 Å². The molecule has 5 nitrogen and oxygen atoms in total. The highest BCUT2D eigenvalue weighted by Gasteiger charge is 2.24. The van der Waals surface area contributed by atoms with Gasteiger partial charge in [0.1, 0.15) is 6.04 Å². The molecule has 0 saturated heterocycles. The van der Waals surface area contributed by atoms with Crippen molar-refractivity contribution in [3.8, 4) is 6.19 Å². The summed E-state index contributed by atoms with van der Waals surface area (Å²) in [4.78, 5) is 24.7. The Kier molecular flexibility index (Phi) is 5.98. The number of amides is 2. The minimum absolute atomic E-state index is 0.268. The van der Waals surface area contributed by atoms with Crippen molar-refractivity contribution < 1.29 is 9.59 Å². The van der Waals surface area contributed by atoms with E-state index >= 15 is 0 Å². The van der Waals surface area contributed by atoms with E-state index in [2.05, 4.69) is 11.9 Å². The molecule has 0 heterocycles. The molecule has 2 amide bonds. The fraction of sp³-hybridized carbons (Fsp3) is 0.267. The number of likely N-dealkylation sites (N-methyl/N-ethyl adjacent to an activating group) is 1. The lowest BCUT2D eigenvalue weighted by Crippen LogP contribution is -2.47. The normalized spacial score (nSPS) is 11.0. The number of benzene rings is 1. The van der Waals surface area contributed by atoms with Gasteiger partial charge in [-0.05, 0) is 18.6 Å². The van der Waals surface area contributed by atoms with Gasteiger partial charge in [-0.15, -0.1) is 0 Å². The number of nitrogens with one attached hydrogen (secondary N) is 1. The van der Waals surface area contributed by atoms with Gasteiger partial charge in [0.15, 0.2) is 6.19 Å². The Hall–Kier alpha value is -2.61. The minimum atomic E-state index is -0.775. The Balaban J connectivity index is 2.90. The zero-order valence-corrected chi connectivity index (χ0v) is 11.4. The number of carbonyl (C=O) groups is 2. The Morgan fingerprint density at radius 1 is 1.45 bits per heavy atom. The van der Waals surface area contributed by atoms with Crippen molar-refractivity contribution in [3.05, 3.63) is 48.6 Å². The van der Waals surface area contributed by atoms with Crippen LogP contribution in [-0.2, 0) is 16.0 Å². The van der Waals surface area contributed by atoms with Gasteiger partial charge in [-0.1, -0.05) is 36.9 Å². The van der Waals surface area contributed by atoms with Gasteiger partial charge in [0.25, 0.3) is 5.91 Å². The third-order valence-corrected chi connectivity index (χ3v) is 2.79. The second-order valence-corrected chi connectivity index (χ2v) is 4.14. The van der Waals surface area contributed by atoms with Crippen molar-refractivity contribution in [3.63, 3.8) is 0 Å². The van der Waals surface area contributed by atoms with E-state index in [0.29, 0.717) is 6.42 Å². The SMILES string of the molecule is C=CC(=O)NC(Cc1ccccc1)C(=O)N(C#N)CC. The second-order valence-electron chi connectivity index (χ2n) is 4.14. The molecule has 0 radical (unpaired) electrons. The monoisotopic (exact) mass is 271 g/mol. The van der Waals surface area contributed by atoms with Crippen LogP contribution >= 0.6 is 0 Å². The number of hydrogen-bond donors (Lipinski definition) is 1. The van der Waals surface area contributed by atoms with E-state index in [1.807, 2.05) is 36.5 Å². The van der Waals surface area contributed by atoms with E-state index in [0.717, 1.165) is 16.5 Å². The van der Waals surface area contributed by atoms with E-state index in [9.17, 15) is 9.59 Å². The first-order valence-corrected chi connectivity index (χ1v) is 6.30. The Labute approximate surface area is 118 Å². The summed E-state index contributed by atoms with van der Waals surface area (Å²) >= 11 is 0. The van der Waals surface area contributed by atoms with Crippen molar-refractivity contribution in [2.45, 2.75) is 19.4 Å². The van der Waals surface area contributed by atoms with Gasteiger partial charge in [0.05, 0.1) is 0 Å². The lowest BCUT2D eigenvalue weighted by molar-refractivity contribution is -0.132. The van der Waals surface area contributed by atoms with Crippen LogP contribution in [0, 0.1) is 11.5 Å².